The molecule has 1 saturated heterocycles. The quantitative estimate of drug-likeness (QED) is 0.611. The fourth-order valence-corrected chi connectivity index (χ4v) is 5.88. The van der Waals surface area contributed by atoms with Crippen molar-refractivity contribution < 1.29 is 9.59 Å². The van der Waals surface area contributed by atoms with Gasteiger partial charge in [0.05, 0.1) is 12.2 Å². The molecule has 0 unspecified atom stereocenters. The molecule has 6 nitrogen and oxygen atoms in total. The summed E-state index contributed by atoms with van der Waals surface area (Å²) in [6.45, 7) is 5.97. The molecule has 0 bridgehead atoms. The van der Waals surface area contributed by atoms with Crippen LogP contribution in [0, 0.1) is 5.41 Å². The minimum Gasteiger partial charge on any atom is -0.342 e. The zero-order chi connectivity index (χ0) is 22.7. The van der Waals surface area contributed by atoms with Crippen molar-refractivity contribution in [1.29, 1.82) is 0 Å². The first-order chi connectivity index (χ1) is 15.9. The highest BCUT2D eigenvalue weighted by molar-refractivity contribution is 6.24. The lowest BCUT2D eigenvalue weighted by molar-refractivity contribution is -0.147. The Morgan fingerprint density at radius 2 is 1.97 bits per heavy atom. The fourth-order valence-electron chi connectivity index (χ4n) is 5.88. The molecule has 3 aliphatic rings. The van der Waals surface area contributed by atoms with Gasteiger partial charge in [0.15, 0.2) is 0 Å². The normalized spacial score (nSPS) is 20.5. The van der Waals surface area contributed by atoms with Gasteiger partial charge in [0.2, 0.25) is 5.91 Å². The Labute approximate surface area is 194 Å². The highest BCUT2D eigenvalue weighted by Crippen LogP contribution is 2.43. The Balaban J connectivity index is 1.20. The second-order valence-corrected chi connectivity index (χ2v) is 10.3. The van der Waals surface area contributed by atoms with Gasteiger partial charge < -0.3 is 10.2 Å². The maximum Gasteiger partial charge on any atom is 0.256 e. The van der Waals surface area contributed by atoms with Gasteiger partial charge >= 0.3 is 0 Å². The number of piperidine rings is 1. The second kappa shape index (κ2) is 7.44. The van der Waals surface area contributed by atoms with Crippen molar-refractivity contribution in [3.8, 4) is 0 Å². The molecule has 1 N–H and O–H groups in total. The first-order valence-corrected chi connectivity index (χ1v) is 12.1. The van der Waals surface area contributed by atoms with Crippen molar-refractivity contribution in [3.63, 3.8) is 0 Å². The predicted octanol–water partition coefficient (Wildman–Crippen LogP) is 5.11. The molecule has 0 spiro atoms. The van der Waals surface area contributed by atoms with Crippen LogP contribution < -0.4 is 5.32 Å². The number of benzene rings is 2. The molecule has 33 heavy (non-hydrogen) atoms. The number of likely N-dealkylation sites (tertiary alicyclic amines) is 1. The fraction of sp³-hybridized carbons (Fsp3) is 0.444. The van der Waals surface area contributed by atoms with Crippen molar-refractivity contribution in [1.82, 2.24) is 14.7 Å². The van der Waals surface area contributed by atoms with Gasteiger partial charge in [0.25, 0.3) is 5.91 Å². The lowest BCUT2D eigenvalue weighted by Crippen LogP contribution is -2.49. The Hall–Kier alpha value is -3.15. The molecule has 3 heterocycles. The number of carbonyl (C=O) groups is 2. The molecule has 1 aliphatic carbocycles. The van der Waals surface area contributed by atoms with Crippen LogP contribution in [0.15, 0.2) is 42.7 Å². The van der Waals surface area contributed by atoms with E-state index < -0.39 is 0 Å². The molecular formula is C27H30N4O2. The minimum atomic E-state index is -0.110. The maximum atomic E-state index is 12.9. The summed E-state index contributed by atoms with van der Waals surface area (Å²) >= 11 is 0. The second-order valence-electron chi connectivity index (χ2n) is 10.3. The molecule has 1 saturated carbocycles. The summed E-state index contributed by atoms with van der Waals surface area (Å²) in [5, 5.41) is 9.84. The third-order valence-electron chi connectivity index (χ3n) is 8.25. The largest absolute Gasteiger partial charge is 0.342 e. The van der Waals surface area contributed by atoms with Crippen molar-refractivity contribution >= 4 is 28.3 Å². The van der Waals surface area contributed by atoms with Gasteiger partial charge in [0, 0.05) is 47.3 Å². The summed E-state index contributed by atoms with van der Waals surface area (Å²) in [5.41, 5.74) is 3.92. The van der Waals surface area contributed by atoms with E-state index in [0.29, 0.717) is 11.9 Å². The zero-order valence-electron chi connectivity index (χ0n) is 19.3. The zero-order valence-corrected chi connectivity index (χ0v) is 19.3. The number of carbonyl (C=O) groups excluding carboxylic acids is 2. The third-order valence-corrected chi connectivity index (χ3v) is 8.25. The predicted molar refractivity (Wildman–Crippen MR) is 128 cm³/mol. The topological polar surface area (TPSA) is 67.2 Å². The number of hydrogen-bond acceptors (Lipinski definition) is 3. The van der Waals surface area contributed by atoms with Crippen LogP contribution in [0.1, 0.15) is 79.4 Å². The molecule has 0 radical (unpaired) electrons. The van der Waals surface area contributed by atoms with Crippen molar-refractivity contribution in [2.24, 2.45) is 5.41 Å². The molecule has 2 aliphatic heterocycles. The van der Waals surface area contributed by atoms with Crippen LogP contribution in [0.5, 0.6) is 0 Å². The van der Waals surface area contributed by atoms with Crippen LogP contribution >= 0.6 is 0 Å². The van der Waals surface area contributed by atoms with Gasteiger partial charge in [-0.3, -0.25) is 14.3 Å². The maximum absolute atomic E-state index is 12.9. The summed E-state index contributed by atoms with van der Waals surface area (Å²) in [4.78, 5) is 27.2. The van der Waals surface area contributed by atoms with Crippen LogP contribution in [0.4, 0.5) is 5.69 Å². The molecule has 6 heteroatoms. The van der Waals surface area contributed by atoms with Gasteiger partial charge in [0.1, 0.15) is 0 Å². The molecule has 170 valence electrons. The average molecular weight is 443 g/mol. The van der Waals surface area contributed by atoms with Gasteiger partial charge in [-0.05, 0) is 54.3 Å². The van der Waals surface area contributed by atoms with Crippen molar-refractivity contribution in [3.05, 3.63) is 59.4 Å². The van der Waals surface area contributed by atoms with E-state index >= 15 is 0 Å². The SMILES string of the molecule is C[C@H](c1cnn(C2CCN(C(=O)C3(C)CCC3)CC2)c1)c1ccc2c3c(cccc13)C(=O)N2. The van der Waals surface area contributed by atoms with Gasteiger partial charge in [-0.15, -0.1) is 0 Å². The van der Waals surface area contributed by atoms with Crippen LogP contribution in [-0.4, -0.2) is 39.6 Å². The third kappa shape index (κ3) is 3.18. The van der Waals surface area contributed by atoms with Crippen molar-refractivity contribution in [2.75, 3.05) is 18.4 Å². The molecular weight excluding hydrogens is 412 g/mol. The van der Waals surface area contributed by atoms with Crippen LogP contribution in [0.25, 0.3) is 10.8 Å². The van der Waals surface area contributed by atoms with Gasteiger partial charge in [-0.2, -0.15) is 5.10 Å². The molecule has 1 aromatic heterocycles. The summed E-state index contributed by atoms with van der Waals surface area (Å²) in [7, 11) is 0. The number of nitrogens with one attached hydrogen (secondary N) is 1. The molecule has 2 amide bonds. The number of anilines is 1. The number of nitrogens with zero attached hydrogens (tertiary/aromatic N) is 3. The standard InChI is InChI=1S/C27H30N4O2/c1-17(20-7-8-23-24-21(20)5-3-6-22(24)25(32)29-23)18-15-28-31(16-18)19-9-13-30(14-10-19)26(33)27(2)11-4-12-27/h3,5-8,15-17,19H,4,9-14H2,1-2H3,(H,29,32)/t17-/m1/s1. The molecule has 2 aromatic carbocycles. The van der Waals surface area contributed by atoms with E-state index in [2.05, 4.69) is 47.1 Å². The number of hydrogen-bond donors (Lipinski definition) is 1. The summed E-state index contributed by atoms with van der Waals surface area (Å²) in [6, 6.07) is 10.4. The van der Waals surface area contributed by atoms with Crippen LogP contribution in [-0.2, 0) is 4.79 Å². The first-order valence-electron chi connectivity index (χ1n) is 12.1. The number of aromatic nitrogens is 2. The first kappa shape index (κ1) is 20.5. The number of amides is 2. The molecule has 1 atom stereocenters. The average Bonchev–Trinajstić information content (AvgIpc) is 3.43. The molecule has 3 aromatic rings. The van der Waals surface area contributed by atoms with Crippen LogP contribution in [0.3, 0.4) is 0 Å². The highest BCUT2D eigenvalue weighted by Gasteiger charge is 2.42. The van der Waals surface area contributed by atoms with E-state index in [1.54, 1.807) is 0 Å². The van der Waals surface area contributed by atoms with Crippen LogP contribution in [0.2, 0.25) is 0 Å². The Kier molecular flexibility index (Phi) is 4.61. The summed E-state index contributed by atoms with van der Waals surface area (Å²) < 4.78 is 2.10. The van der Waals surface area contributed by atoms with E-state index in [0.717, 1.165) is 60.8 Å². The minimum absolute atomic E-state index is 0.0238. The molecule has 2 fully saturated rings. The Morgan fingerprint density at radius 3 is 2.70 bits per heavy atom. The van der Waals surface area contributed by atoms with E-state index in [-0.39, 0.29) is 17.2 Å². The smallest absolute Gasteiger partial charge is 0.256 e. The van der Waals surface area contributed by atoms with E-state index in [4.69, 9.17) is 5.10 Å². The van der Waals surface area contributed by atoms with E-state index in [1.807, 2.05) is 24.4 Å². The highest BCUT2D eigenvalue weighted by atomic mass is 16.2. The summed E-state index contributed by atoms with van der Waals surface area (Å²) in [5.74, 6) is 0.491. The van der Waals surface area contributed by atoms with E-state index in [1.165, 1.54) is 17.5 Å². The summed E-state index contributed by atoms with van der Waals surface area (Å²) in [6.07, 6.45) is 9.30. The Bertz CT molecular complexity index is 1260. The molecule has 6 rings (SSSR count). The monoisotopic (exact) mass is 442 g/mol. The van der Waals surface area contributed by atoms with Gasteiger partial charge in [-0.1, -0.05) is 38.5 Å². The van der Waals surface area contributed by atoms with E-state index in [9.17, 15) is 9.59 Å². The number of rotatable bonds is 4. The van der Waals surface area contributed by atoms with Crippen molar-refractivity contribution in [2.45, 2.75) is 57.9 Å². The lowest BCUT2D eigenvalue weighted by Gasteiger charge is -2.43. The Morgan fingerprint density at radius 1 is 1.18 bits per heavy atom. The lowest BCUT2D eigenvalue weighted by atomic mass is 9.69. The van der Waals surface area contributed by atoms with Gasteiger partial charge in [-0.25, -0.2) is 0 Å².